The number of benzene rings is 2. The molecule has 3 aromatic rings. The number of amides is 2. The van der Waals surface area contributed by atoms with E-state index in [0.717, 1.165) is 21.4 Å². The van der Waals surface area contributed by atoms with Gasteiger partial charge < -0.3 is 9.84 Å². The molecule has 7 nitrogen and oxygen atoms in total. The molecular formula is C18H15N3O4. The highest BCUT2D eigenvalue weighted by Crippen LogP contribution is 2.33. The lowest BCUT2D eigenvalue weighted by Crippen LogP contribution is -2.39. The Kier molecular flexibility index (Phi) is 3.42. The number of anilines is 1. The Hall–Kier alpha value is -3.35. The largest absolute Gasteiger partial charge is 0.464 e. The molecule has 0 saturated carbocycles. The second-order valence-electron chi connectivity index (χ2n) is 5.89. The monoisotopic (exact) mass is 337 g/mol. The number of ether oxygens (including phenoxy) is 1. The van der Waals surface area contributed by atoms with E-state index < -0.39 is 12.0 Å². The van der Waals surface area contributed by atoms with Gasteiger partial charge in [-0.15, -0.1) is 0 Å². The Morgan fingerprint density at radius 1 is 1.16 bits per heavy atom. The van der Waals surface area contributed by atoms with Gasteiger partial charge in [0.05, 0.1) is 17.4 Å². The second-order valence-corrected chi connectivity index (χ2v) is 5.89. The van der Waals surface area contributed by atoms with E-state index in [4.69, 9.17) is 4.74 Å². The van der Waals surface area contributed by atoms with E-state index in [1.807, 2.05) is 25.2 Å². The minimum Gasteiger partial charge on any atom is -0.464 e. The third-order valence-corrected chi connectivity index (χ3v) is 4.30. The van der Waals surface area contributed by atoms with Gasteiger partial charge >= 0.3 is 6.09 Å². The van der Waals surface area contributed by atoms with Gasteiger partial charge in [0.2, 0.25) is 5.91 Å². The van der Waals surface area contributed by atoms with E-state index in [2.05, 4.69) is 5.10 Å². The molecule has 0 radical (unpaired) electrons. The summed E-state index contributed by atoms with van der Waals surface area (Å²) < 4.78 is 7.68. The highest BCUT2D eigenvalue weighted by atomic mass is 16.5. The van der Waals surface area contributed by atoms with Crippen LogP contribution < -0.4 is 9.64 Å². The van der Waals surface area contributed by atoms with Gasteiger partial charge in [0, 0.05) is 24.9 Å². The summed E-state index contributed by atoms with van der Waals surface area (Å²) in [5, 5.41) is 14.5. The number of imide groups is 1. The van der Waals surface area contributed by atoms with E-state index in [1.54, 1.807) is 29.1 Å². The molecule has 4 rings (SSSR count). The molecule has 1 aliphatic heterocycles. The third kappa shape index (κ3) is 2.59. The molecule has 2 heterocycles. The summed E-state index contributed by atoms with van der Waals surface area (Å²) in [4.78, 5) is 23.9. The van der Waals surface area contributed by atoms with Crippen LogP contribution in [0.5, 0.6) is 11.5 Å². The second kappa shape index (κ2) is 5.62. The van der Waals surface area contributed by atoms with Crippen molar-refractivity contribution in [3.05, 3.63) is 48.2 Å². The highest BCUT2D eigenvalue weighted by molar-refractivity contribution is 6.13. The summed E-state index contributed by atoms with van der Waals surface area (Å²) in [5.74, 6) is 0.855. The number of hydrogen-bond donors (Lipinski definition) is 1. The Balaban J connectivity index is 1.66. The van der Waals surface area contributed by atoms with E-state index in [-0.39, 0.29) is 6.42 Å². The van der Waals surface area contributed by atoms with Crippen LogP contribution in [-0.4, -0.2) is 26.9 Å². The van der Waals surface area contributed by atoms with Gasteiger partial charge in [0.15, 0.2) is 0 Å². The lowest BCUT2D eigenvalue weighted by molar-refractivity contribution is -0.118. The van der Waals surface area contributed by atoms with E-state index in [0.29, 0.717) is 23.6 Å². The molecular weight excluding hydrogens is 322 g/mol. The van der Waals surface area contributed by atoms with Crippen LogP contribution in [0, 0.1) is 0 Å². The van der Waals surface area contributed by atoms with Gasteiger partial charge in [0.1, 0.15) is 11.5 Å². The predicted molar refractivity (Wildman–Crippen MR) is 91.1 cm³/mol. The van der Waals surface area contributed by atoms with Gasteiger partial charge in [-0.3, -0.25) is 9.48 Å². The average Bonchev–Trinajstić information content (AvgIpc) is 2.95. The number of fused-ring (bicyclic) bond motifs is 2. The molecule has 7 heteroatoms. The number of carboxylic acid groups (broad SMARTS) is 1. The molecule has 0 unspecified atom stereocenters. The lowest BCUT2D eigenvalue weighted by atomic mass is 10.0. The molecule has 126 valence electrons. The van der Waals surface area contributed by atoms with Crippen LogP contribution in [0.2, 0.25) is 0 Å². The van der Waals surface area contributed by atoms with E-state index >= 15 is 0 Å². The molecule has 0 saturated heterocycles. The minimum atomic E-state index is -1.26. The van der Waals surface area contributed by atoms with Crippen LogP contribution in [0.15, 0.2) is 42.6 Å². The molecule has 2 aromatic carbocycles. The SMILES string of the molecule is Cn1ncc2ccc(Oc3ccc4c(c3)CCC(=O)N4C(=O)O)cc21. The van der Waals surface area contributed by atoms with Crippen molar-refractivity contribution in [2.75, 3.05) is 4.90 Å². The average molecular weight is 337 g/mol. The molecule has 0 atom stereocenters. The van der Waals surface area contributed by atoms with Crippen molar-refractivity contribution in [1.29, 1.82) is 0 Å². The number of aryl methyl sites for hydroxylation is 2. The van der Waals surface area contributed by atoms with Crippen LogP contribution in [0.1, 0.15) is 12.0 Å². The number of carbonyl (C=O) groups excluding carboxylic acids is 1. The Labute approximate surface area is 143 Å². The van der Waals surface area contributed by atoms with Crippen LogP contribution in [0.4, 0.5) is 10.5 Å². The fourth-order valence-corrected chi connectivity index (χ4v) is 3.06. The number of carbonyl (C=O) groups is 2. The minimum absolute atomic E-state index is 0.170. The number of nitrogens with zero attached hydrogens (tertiary/aromatic N) is 3. The van der Waals surface area contributed by atoms with Crippen LogP contribution in [0.3, 0.4) is 0 Å². The van der Waals surface area contributed by atoms with Gasteiger partial charge in [-0.25, -0.2) is 9.69 Å². The molecule has 0 spiro atoms. The standard InChI is InChI=1S/C18H15N3O4/c1-20-16-9-14(4-2-12(16)10-19-20)25-13-5-6-15-11(8-13)3-7-17(22)21(15)18(23)24/h2,4-6,8-10H,3,7H2,1H3,(H,23,24). The fourth-order valence-electron chi connectivity index (χ4n) is 3.06. The molecule has 0 aliphatic carbocycles. The highest BCUT2D eigenvalue weighted by Gasteiger charge is 2.29. The third-order valence-electron chi connectivity index (χ3n) is 4.30. The van der Waals surface area contributed by atoms with Crippen LogP contribution in [-0.2, 0) is 18.3 Å². The summed E-state index contributed by atoms with van der Waals surface area (Å²) in [7, 11) is 1.86. The van der Waals surface area contributed by atoms with Crippen molar-refractivity contribution in [2.45, 2.75) is 12.8 Å². The van der Waals surface area contributed by atoms with E-state index in [1.165, 1.54) is 0 Å². The zero-order chi connectivity index (χ0) is 17.6. The molecule has 1 aliphatic rings. The van der Waals surface area contributed by atoms with Gasteiger partial charge in [-0.2, -0.15) is 5.10 Å². The molecule has 0 bridgehead atoms. The number of aromatic nitrogens is 2. The van der Waals surface area contributed by atoms with Gasteiger partial charge in [0.25, 0.3) is 0 Å². The number of hydrogen-bond acceptors (Lipinski definition) is 4. The first kappa shape index (κ1) is 15.2. The topological polar surface area (TPSA) is 84.7 Å². The summed E-state index contributed by atoms with van der Waals surface area (Å²) in [6.45, 7) is 0. The van der Waals surface area contributed by atoms with Crippen molar-refractivity contribution >= 4 is 28.6 Å². The molecule has 1 N–H and O–H groups in total. The normalized spacial score (nSPS) is 13.8. The Bertz CT molecular complexity index is 1010. The van der Waals surface area contributed by atoms with Gasteiger partial charge in [-0.05, 0) is 42.3 Å². The first-order chi connectivity index (χ1) is 12.0. The van der Waals surface area contributed by atoms with Gasteiger partial charge in [-0.1, -0.05) is 0 Å². The van der Waals surface area contributed by atoms with Crippen LogP contribution in [0.25, 0.3) is 10.9 Å². The maximum absolute atomic E-state index is 11.8. The fraction of sp³-hybridized carbons (Fsp3) is 0.167. The predicted octanol–water partition coefficient (Wildman–Crippen LogP) is 3.32. The zero-order valence-electron chi connectivity index (χ0n) is 13.5. The number of rotatable bonds is 2. The summed E-state index contributed by atoms with van der Waals surface area (Å²) in [6, 6.07) is 10.7. The zero-order valence-corrected chi connectivity index (χ0v) is 13.5. The van der Waals surface area contributed by atoms with Crippen molar-refractivity contribution in [3.63, 3.8) is 0 Å². The van der Waals surface area contributed by atoms with E-state index in [9.17, 15) is 14.7 Å². The molecule has 25 heavy (non-hydrogen) atoms. The first-order valence-electron chi connectivity index (χ1n) is 7.81. The summed E-state index contributed by atoms with van der Waals surface area (Å²) in [5.41, 5.74) is 2.14. The quantitative estimate of drug-likeness (QED) is 0.775. The van der Waals surface area contributed by atoms with Crippen molar-refractivity contribution < 1.29 is 19.4 Å². The Morgan fingerprint density at radius 2 is 1.92 bits per heavy atom. The first-order valence-corrected chi connectivity index (χ1v) is 7.81. The van der Waals surface area contributed by atoms with Crippen molar-refractivity contribution in [2.24, 2.45) is 7.05 Å². The van der Waals surface area contributed by atoms with Crippen molar-refractivity contribution in [1.82, 2.24) is 9.78 Å². The molecule has 1 aromatic heterocycles. The molecule has 2 amide bonds. The van der Waals surface area contributed by atoms with Crippen LogP contribution >= 0.6 is 0 Å². The summed E-state index contributed by atoms with van der Waals surface area (Å²) in [6.07, 6.45) is 1.19. The lowest BCUT2D eigenvalue weighted by Gasteiger charge is -2.25. The maximum atomic E-state index is 11.8. The summed E-state index contributed by atoms with van der Waals surface area (Å²) >= 11 is 0. The Morgan fingerprint density at radius 3 is 2.72 bits per heavy atom. The molecule has 0 fully saturated rings. The maximum Gasteiger partial charge on any atom is 0.418 e. The van der Waals surface area contributed by atoms with Crippen molar-refractivity contribution in [3.8, 4) is 11.5 Å². The smallest absolute Gasteiger partial charge is 0.418 e.